The lowest BCUT2D eigenvalue weighted by Gasteiger charge is -2.46. The largest absolute Gasteiger partial charge is 0.469 e. The maximum Gasteiger partial charge on any atom is 0.469 e. The molecule has 0 spiro atoms. The third-order valence-corrected chi connectivity index (χ3v) is 29.4. The molecule has 40 heavy (non-hydrogen) atoms. The maximum absolute atomic E-state index is 12.1. The first-order chi connectivity index (χ1) is 17.6. The average Bonchev–Trinajstić information content (AvgIpc) is 2.70. The summed E-state index contributed by atoms with van der Waals surface area (Å²) < 4.78 is 27.7. The molecule has 5 nitrogen and oxygen atoms in total. The Kier molecular flexibility index (Phi) is 15.8. The Morgan fingerprint density at radius 2 is 0.825 bits per heavy atom. The summed E-state index contributed by atoms with van der Waals surface area (Å²) >= 11 is 0. The van der Waals surface area contributed by atoms with E-state index >= 15 is 0 Å². The number of esters is 1. The summed E-state index contributed by atoms with van der Waals surface area (Å²) in [5.74, 6) is -0.324. The molecule has 0 heterocycles. The van der Waals surface area contributed by atoms with Gasteiger partial charge in [0.05, 0.1) is 6.61 Å². The van der Waals surface area contributed by atoms with E-state index in [2.05, 4.69) is 105 Å². The summed E-state index contributed by atoms with van der Waals surface area (Å²) in [6, 6.07) is 7.93. The van der Waals surface area contributed by atoms with Crippen molar-refractivity contribution in [3.8, 4) is 0 Å². The van der Waals surface area contributed by atoms with E-state index in [0.717, 1.165) is 18.1 Å². The summed E-state index contributed by atoms with van der Waals surface area (Å²) in [4.78, 5) is 12.1. The molecule has 0 aromatic carbocycles. The lowest BCUT2D eigenvalue weighted by molar-refractivity contribution is -0.139. The van der Waals surface area contributed by atoms with Gasteiger partial charge in [-0.25, -0.2) is 4.79 Å². The summed E-state index contributed by atoms with van der Waals surface area (Å²) in [5, 5.41) is 0. The van der Waals surface area contributed by atoms with Gasteiger partial charge >= 0.3 is 14.8 Å². The molecule has 0 saturated carbocycles. The second-order valence-corrected chi connectivity index (χ2v) is 50.7. The van der Waals surface area contributed by atoms with E-state index in [-0.39, 0.29) is 5.97 Å². The van der Waals surface area contributed by atoms with Crippen LogP contribution >= 0.6 is 0 Å². The number of hydrogen-bond acceptors (Lipinski definition) is 5. The number of rotatable bonds is 20. The Balaban J connectivity index is 6.42. The van der Waals surface area contributed by atoms with Crippen molar-refractivity contribution in [2.24, 2.45) is 0 Å². The van der Waals surface area contributed by atoms with Gasteiger partial charge in [0.1, 0.15) is 0 Å². The van der Waals surface area contributed by atoms with E-state index < -0.39 is 58.0 Å². The van der Waals surface area contributed by atoms with Crippen molar-refractivity contribution in [2.75, 3.05) is 6.61 Å². The van der Waals surface area contributed by atoms with Crippen molar-refractivity contribution < 1.29 is 21.9 Å². The van der Waals surface area contributed by atoms with Crippen molar-refractivity contribution in [1.82, 2.24) is 0 Å². The zero-order chi connectivity index (χ0) is 31.8. The first-order valence-electron chi connectivity index (χ1n) is 15.5. The normalized spacial score (nSPS) is 14.4. The van der Waals surface area contributed by atoms with Crippen LogP contribution in [0.3, 0.4) is 0 Å². The van der Waals surface area contributed by atoms with E-state index in [1.807, 2.05) is 0 Å². The molecule has 0 aliphatic rings. The molecule has 238 valence electrons. The van der Waals surface area contributed by atoms with Gasteiger partial charge in [-0.3, -0.25) is 0 Å². The van der Waals surface area contributed by atoms with E-state index in [1.165, 1.54) is 18.1 Å². The van der Waals surface area contributed by atoms with Gasteiger partial charge in [0.15, 0.2) is 25.0 Å². The molecule has 0 unspecified atom stereocenters. The van der Waals surface area contributed by atoms with Crippen molar-refractivity contribution in [3.05, 3.63) is 12.2 Å². The highest BCUT2D eigenvalue weighted by Crippen LogP contribution is 2.36. The third kappa shape index (κ3) is 20.5. The van der Waals surface area contributed by atoms with Crippen LogP contribution in [-0.4, -0.2) is 70.6 Å². The second kappa shape index (κ2) is 15.6. The minimum atomic E-state index is -3.07. The topological polar surface area (TPSA) is 54.0 Å². The molecule has 0 amide bonds. The fourth-order valence-corrected chi connectivity index (χ4v) is 35.2. The van der Waals surface area contributed by atoms with E-state index in [1.54, 1.807) is 6.92 Å². The molecule has 0 atom stereocenters. The molecule has 0 aromatic rings. The lowest BCUT2D eigenvalue weighted by Crippen LogP contribution is -2.62. The molecule has 12 heteroatoms. The molecule has 0 aromatic heterocycles. The van der Waals surface area contributed by atoms with Gasteiger partial charge in [0.2, 0.25) is 0 Å². The highest BCUT2D eigenvalue weighted by atomic mass is 28.5. The Morgan fingerprint density at radius 3 is 1.07 bits per heavy atom. The summed E-state index contributed by atoms with van der Waals surface area (Å²) in [6.45, 7) is 42.0. The number of ether oxygens (including phenoxy) is 1. The summed E-state index contributed by atoms with van der Waals surface area (Å²) in [7, 11) is -12.9. The number of carbonyl (C=O) groups is 1. The van der Waals surface area contributed by atoms with Gasteiger partial charge in [-0.1, -0.05) is 83.6 Å². The van der Waals surface area contributed by atoms with Gasteiger partial charge in [-0.15, -0.1) is 0 Å². The Bertz CT molecular complexity index is 731. The molecule has 0 rings (SSSR count). The third-order valence-electron chi connectivity index (χ3n) is 6.94. The van der Waals surface area contributed by atoms with Crippen LogP contribution in [0.5, 0.6) is 0 Å². The average molecular weight is 681 g/mol. The monoisotopic (exact) mass is 680 g/mol. The molecule has 0 fully saturated rings. The fraction of sp³-hybridized carbons (Fsp3) is 0.893. The van der Waals surface area contributed by atoms with Crippen LogP contribution in [0.4, 0.5) is 0 Å². The lowest BCUT2D eigenvalue weighted by atomic mass is 10.4. The minimum absolute atomic E-state index is 0.324. The highest BCUT2D eigenvalue weighted by Gasteiger charge is 2.52. The Hall–Kier alpha value is 0.608. The van der Waals surface area contributed by atoms with Gasteiger partial charge < -0.3 is 17.1 Å². The molecule has 0 N–H and O–H groups in total. The standard InChI is InChI=1S/C28H68O5Si7/c1-27(2)28(29)30-19-18-20-40(31-37(12,13)24-21-34(3,4)5,32-38(14,15)25-22-35(6,7)8)33-39(16,17)26-23-36(9,10)11/h1,18-26H2,2-17H3. The smallest absolute Gasteiger partial charge is 0.462 e. The first kappa shape index (κ1) is 40.6. The summed E-state index contributed by atoms with van der Waals surface area (Å²) in [5.41, 5.74) is 0.437. The maximum atomic E-state index is 12.1. The van der Waals surface area contributed by atoms with Gasteiger partial charge in [-0.05, 0) is 70.8 Å². The quantitative estimate of drug-likeness (QED) is 0.0554. The summed E-state index contributed by atoms with van der Waals surface area (Å²) in [6.07, 6.45) is 0.695. The van der Waals surface area contributed by atoms with Crippen LogP contribution in [0.1, 0.15) is 13.3 Å². The number of hydrogen-bond donors (Lipinski definition) is 0. The fourth-order valence-electron chi connectivity index (χ4n) is 4.24. The molecular weight excluding hydrogens is 613 g/mol. The Labute approximate surface area is 257 Å². The van der Waals surface area contributed by atoms with Crippen LogP contribution in [0.25, 0.3) is 0 Å². The van der Waals surface area contributed by atoms with E-state index in [0.29, 0.717) is 24.6 Å². The molecule has 0 bridgehead atoms. The van der Waals surface area contributed by atoms with E-state index in [4.69, 9.17) is 17.1 Å². The zero-order valence-corrected chi connectivity index (χ0v) is 36.6. The van der Waals surface area contributed by atoms with Crippen LogP contribution in [0.2, 0.25) is 141 Å². The van der Waals surface area contributed by atoms with Crippen molar-refractivity contribution >= 4 is 63.9 Å². The van der Waals surface area contributed by atoms with E-state index in [9.17, 15) is 4.79 Å². The molecule has 0 aliphatic carbocycles. The number of carbonyl (C=O) groups excluding carboxylic acids is 1. The van der Waals surface area contributed by atoms with Crippen LogP contribution in [0.15, 0.2) is 12.2 Å². The minimum Gasteiger partial charge on any atom is -0.462 e. The SMILES string of the molecule is C=C(C)C(=O)OCCC[Si](O[Si](C)(C)CC[Si](C)(C)C)(O[Si](C)(C)CC[Si](C)(C)C)O[Si](C)(C)CC[Si](C)(C)C. The molecular formula is C28H68O5Si7. The molecule has 0 aliphatic heterocycles. The van der Waals surface area contributed by atoms with Gasteiger partial charge in [0.25, 0.3) is 0 Å². The second-order valence-electron chi connectivity index (χ2n) is 17.5. The van der Waals surface area contributed by atoms with Gasteiger partial charge in [-0.2, -0.15) is 0 Å². The van der Waals surface area contributed by atoms with Crippen molar-refractivity contribution in [3.63, 3.8) is 0 Å². The predicted molar refractivity (Wildman–Crippen MR) is 196 cm³/mol. The predicted octanol–water partition coefficient (Wildman–Crippen LogP) is 10.1. The molecule has 0 radical (unpaired) electrons. The first-order valence-corrected chi connectivity index (χ1v) is 37.9. The van der Waals surface area contributed by atoms with Gasteiger partial charge in [0, 0.05) is 35.8 Å². The van der Waals surface area contributed by atoms with Crippen molar-refractivity contribution in [1.29, 1.82) is 0 Å². The van der Waals surface area contributed by atoms with Crippen LogP contribution in [0, 0.1) is 0 Å². The van der Waals surface area contributed by atoms with Crippen LogP contribution < -0.4 is 0 Å². The molecule has 0 saturated heterocycles. The van der Waals surface area contributed by atoms with Crippen molar-refractivity contribution in [2.45, 2.75) is 154 Å². The van der Waals surface area contributed by atoms with Crippen LogP contribution in [-0.2, 0) is 21.9 Å². The zero-order valence-electron chi connectivity index (χ0n) is 29.6. The Morgan fingerprint density at radius 1 is 0.525 bits per heavy atom. The highest BCUT2D eigenvalue weighted by molar-refractivity contribution is 6.92.